The number of ether oxygens (including phenoxy) is 2. The number of rotatable bonds is 7. The van der Waals surface area contributed by atoms with Crippen molar-refractivity contribution in [1.29, 1.82) is 0 Å². The molecule has 1 aromatic carbocycles. The molecule has 3 aromatic rings. The maximum atomic E-state index is 12.8. The van der Waals surface area contributed by atoms with Gasteiger partial charge in [-0.2, -0.15) is 9.61 Å². The monoisotopic (exact) mass is 526 g/mol. The van der Waals surface area contributed by atoms with Crippen LogP contribution in [0.25, 0.3) is 28.3 Å². The maximum Gasteiger partial charge on any atom is 0.343 e. The summed E-state index contributed by atoms with van der Waals surface area (Å²) in [6.07, 6.45) is 5.34. The third-order valence-corrected chi connectivity index (χ3v) is 7.13. The van der Waals surface area contributed by atoms with Crippen LogP contribution in [0.4, 0.5) is 5.82 Å². The second kappa shape index (κ2) is 10.5. The molecule has 10 heteroatoms. The summed E-state index contributed by atoms with van der Waals surface area (Å²) in [6.45, 7) is 3.55. The second-order valence-corrected chi connectivity index (χ2v) is 9.68. The molecular weight excluding hydrogens is 496 g/mol. The van der Waals surface area contributed by atoms with Crippen LogP contribution in [-0.4, -0.2) is 68.2 Å². The number of aromatic nitrogens is 5. The molecule has 6 rings (SSSR count). The van der Waals surface area contributed by atoms with Crippen molar-refractivity contribution in [2.24, 2.45) is 0 Å². The number of esters is 1. The van der Waals surface area contributed by atoms with Gasteiger partial charge in [0.25, 0.3) is 0 Å². The molecule has 0 saturated carbocycles. The van der Waals surface area contributed by atoms with Gasteiger partial charge in [0, 0.05) is 49.8 Å². The van der Waals surface area contributed by atoms with Crippen LogP contribution in [0, 0.1) is 0 Å². The minimum Gasteiger partial charge on any atom is -0.462 e. The molecule has 2 atom stereocenters. The molecule has 1 fully saturated rings. The fourth-order valence-corrected chi connectivity index (χ4v) is 5.21. The lowest BCUT2D eigenvalue weighted by molar-refractivity contribution is -0.0383. The van der Waals surface area contributed by atoms with E-state index in [9.17, 15) is 9.90 Å². The first-order chi connectivity index (χ1) is 19.0. The Bertz CT molecular complexity index is 1580. The first-order valence-electron chi connectivity index (χ1n) is 13.1. The lowest BCUT2D eigenvalue weighted by Gasteiger charge is -2.31. The fourth-order valence-electron chi connectivity index (χ4n) is 5.21. The van der Waals surface area contributed by atoms with Gasteiger partial charge in [0.1, 0.15) is 17.2 Å². The van der Waals surface area contributed by atoms with E-state index in [2.05, 4.69) is 22.1 Å². The highest BCUT2D eigenvalue weighted by atomic mass is 16.5. The molecule has 200 valence electrons. The van der Waals surface area contributed by atoms with E-state index >= 15 is 0 Å². The number of hydrogen-bond donors (Lipinski definition) is 1. The van der Waals surface area contributed by atoms with Gasteiger partial charge in [-0.05, 0) is 31.0 Å². The van der Waals surface area contributed by atoms with Crippen LogP contribution in [0.5, 0.6) is 0 Å². The summed E-state index contributed by atoms with van der Waals surface area (Å²) in [7, 11) is 1.99. The Balaban J connectivity index is 1.46. The van der Waals surface area contributed by atoms with Crippen molar-refractivity contribution in [2.45, 2.75) is 32.0 Å². The lowest BCUT2D eigenvalue weighted by atomic mass is 10.0. The number of carbonyl (C=O) groups excluding carboxylic acids is 1. The summed E-state index contributed by atoms with van der Waals surface area (Å²) in [5.41, 5.74) is 4.25. The number of anilines is 1. The van der Waals surface area contributed by atoms with Crippen molar-refractivity contribution in [2.75, 3.05) is 31.8 Å². The molecule has 0 aliphatic carbocycles. The number of hydrogen-bond acceptors (Lipinski definition) is 8. The van der Waals surface area contributed by atoms with E-state index in [1.165, 1.54) is 6.20 Å². The van der Waals surface area contributed by atoms with Gasteiger partial charge < -0.3 is 24.0 Å². The van der Waals surface area contributed by atoms with Gasteiger partial charge in [0.05, 0.1) is 37.3 Å². The third kappa shape index (κ3) is 4.62. The highest BCUT2D eigenvalue weighted by Gasteiger charge is 2.29. The first-order valence-corrected chi connectivity index (χ1v) is 13.1. The Hall–Kier alpha value is -4.28. The standard InChI is InChI=1S/C29H30N6O4/c1-3-39-29(37)22-16-31-35-26(33(2)17-19-8-5-4-6-9-19)14-23(32-28(22)35)21-15-30-27-20(21)10-7-12-34(27)24-11-13-38-18-25(24)36/h4-10,12,14-16,24-25,36H,3,11,13,17-18H2,1-2H3/t24?,25-/m1/s1. The summed E-state index contributed by atoms with van der Waals surface area (Å²) < 4.78 is 14.4. The molecule has 1 unspecified atom stereocenters. The predicted octanol–water partition coefficient (Wildman–Crippen LogP) is 3.83. The van der Waals surface area contributed by atoms with Crippen LogP contribution in [0.3, 0.4) is 0 Å². The van der Waals surface area contributed by atoms with Crippen LogP contribution >= 0.6 is 0 Å². The summed E-state index contributed by atoms with van der Waals surface area (Å²) in [5.74, 6) is 1.07. The summed E-state index contributed by atoms with van der Waals surface area (Å²) in [6, 6.07) is 16.0. The molecule has 10 nitrogen and oxygen atoms in total. The van der Waals surface area contributed by atoms with Gasteiger partial charge in [0.15, 0.2) is 5.65 Å². The zero-order chi connectivity index (χ0) is 26.9. The molecule has 0 radical (unpaired) electrons. The molecule has 0 bridgehead atoms. The molecule has 0 spiro atoms. The first kappa shape index (κ1) is 25.0. The molecule has 5 heterocycles. The van der Waals surface area contributed by atoms with Crippen molar-refractivity contribution >= 4 is 17.4 Å². The largest absolute Gasteiger partial charge is 0.462 e. The van der Waals surface area contributed by atoms with E-state index in [-0.39, 0.29) is 12.6 Å². The highest BCUT2D eigenvalue weighted by Crippen LogP contribution is 2.37. The van der Waals surface area contributed by atoms with Crippen LogP contribution in [0.15, 0.2) is 67.1 Å². The summed E-state index contributed by atoms with van der Waals surface area (Å²) in [5, 5.41) is 15.1. The Morgan fingerprint density at radius 1 is 1.18 bits per heavy atom. The number of fused-ring (bicyclic) bond motifs is 2. The average molecular weight is 527 g/mol. The molecule has 0 amide bonds. The predicted molar refractivity (Wildman–Crippen MR) is 146 cm³/mol. The van der Waals surface area contributed by atoms with Gasteiger partial charge in [-0.25, -0.2) is 14.8 Å². The quantitative estimate of drug-likeness (QED) is 0.319. The number of aliphatic hydroxyl groups excluding tert-OH is 1. The van der Waals surface area contributed by atoms with Gasteiger partial charge >= 0.3 is 5.97 Å². The van der Waals surface area contributed by atoms with Gasteiger partial charge in [-0.1, -0.05) is 30.3 Å². The van der Waals surface area contributed by atoms with Crippen molar-refractivity contribution in [3.63, 3.8) is 0 Å². The minimum absolute atomic E-state index is 0.126. The molecule has 1 saturated heterocycles. The van der Waals surface area contributed by atoms with E-state index in [1.54, 1.807) is 17.6 Å². The van der Waals surface area contributed by atoms with Crippen LogP contribution in [0.1, 0.15) is 35.3 Å². The van der Waals surface area contributed by atoms with Gasteiger partial charge in [-0.3, -0.25) is 0 Å². The number of carbonyl (C=O) groups is 1. The molecule has 1 N–H and O–H groups in total. The Labute approximate surface area is 225 Å². The zero-order valence-electron chi connectivity index (χ0n) is 21.9. The lowest BCUT2D eigenvalue weighted by Crippen LogP contribution is -2.34. The van der Waals surface area contributed by atoms with Crippen molar-refractivity contribution in [3.05, 3.63) is 78.2 Å². The Morgan fingerprint density at radius 2 is 2.03 bits per heavy atom. The number of pyridine rings is 1. The normalized spacial score (nSPS) is 17.5. The fraction of sp³-hybridized carbons (Fsp3) is 0.310. The van der Waals surface area contributed by atoms with Crippen LogP contribution < -0.4 is 4.90 Å². The van der Waals surface area contributed by atoms with Crippen LogP contribution in [0.2, 0.25) is 0 Å². The van der Waals surface area contributed by atoms with Gasteiger partial charge in [0.2, 0.25) is 0 Å². The average Bonchev–Trinajstić information content (AvgIpc) is 3.58. The zero-order valence-corrected chi connectivity index (χ0v) is 21.9. The Kier molecular flexibility index (Phi) is 6.72. The smallest absolute Gasteiger partial charge is 0.343 e. The molecule has 3 aliphatic heterocycles. The topological polar surface area (TPSA) is 107 Å². The number of nitrogens with zero attached hydrogens (tertiary/aromatic N) is 6. The number of aliphatic hydroxyl groups is 1. The number of benzene rings is 1. The second-order valence-electron chi connectivity index (χ2n) is 9.68. The summed E-state index contributed by atoms with van der Waals surface area (Å²) >= 11 is 0. The summed E-state index contributed by atoms with van der Waals surface area (Å²) in [4.78, 5) is 24.5. The SMILES string of the molecule is CCOC(=O)c1cnn2c(N(C)Cc3ccccc3)cc(-c3cnc4n(C5CCOC[C@H]5O)cccc3-4)nc12. The highest BCUT2D eigenvalue weighted by molar-refractivity contribution is 5.96. The van der Waals surface area contributed by atoms with Crippen LogP contribution in [-0.2, 0) is 16.0 Å². The van der Waals surface area contributed by atoms with E-state index in [0.717, 1.165) is 28.3 Å². The van der Waals surface area contributed by atoms with Crippen molar-refractivity contribution in [1.82, 2.24) is 24.1 Å². The Morgan fingerprint density at radius 3 is 2.82 bits per heavy atom. The molecule has 2 aromatic heterocycles. The van der Waals surface area contributed by atoms with Crippen molar-refractivity contribution < 1.29 is 19.4 Å². The van der Waals surface area contributed by atoms with Crippen molar-refractivity contribution in [3.8, 4) is 22.6 Å². The minimum atomic E-state index is -0.610. The molecule has 3 aliphatic rings. The van der Waals surface area contributed by atoms with E-state index in [1.807, 2.05) is 54.2 Å². The van der Waals surface area contributed by atoms with E-state index in [4.69, 9.17) is 19.4 Å². The molecule has 39 heavy (non-hydrogen) atoms. The van der Waals surface area contributed by atoms with Gasteiger partial charge in [-0.15, -0.1) is 0 Å². The van der Waals surface area contributed by atoms with E-state index in [0.29, 0.717) is 43.1 Å². The molecular formula is C29H30N6O4. The maximum absolute atomic E-state index is 12.8. The third-order valence-electron chi connectivity index (χ3n) is 7.13. The van der Waals surface area contributed by atoms with E-state index < -0.39 is 12.1 Å².